The molecule has 0 radical (unpaired) electrons. The molecule has 1 amide bonds. The van der Waals surface area contributed by atoms with E-state index in [-0.39, 0.29) is 11.3 Å². The van der Waals surface area contributed by atoms with Gasteiger partial charge in [-0.2, -0.15) is 5.26 Å². The lowest BCUT2D eigenvalue weighted by Gasteiger charge is -2.09. The average Bonchev–Trinajstić information content (AvgIpc) is 3.13. The molecule has 180 valence electrons. The number of aromatic nitrogens is 1. The predicted octanol–water partition coefficient (Wildman–Crippen LogP) is 5.85. The lowest BCUT2D eigenvalue weighted by Crippen LogP contribution is -2.13. The van der Waals surface area contributed by atoms with Gasteiger partial charge in [0.1, 0.15) is 17.4 Å². The number of anilines is 1. The Bertz CT molecular complexity index is 1510. The van der Waals surface area contributed by atoms with Gasteiger partial charge in [0.2, 0.25) is 0 Å². The third-order valence-corrected chi connectivity index (χ3v) is 5.82. The number of hydrogen-bond donors (Lipinski definition) is 1. The maximum absolute atomic E-state index is 12.9. The van der Waals surface area contributed by atoms with E-state index in [9.17, 15) is 20.2 Å². The molecule has 0 aliphatic carbocycles. The predicted molar refractivity (Wildman–Crippen MR) is 139 cm³/mol. The highest BCUT2D eigenvalue weighted by molar-refractivity contribution is 6.11. The molecule has 0 bridgehead atoms. The second-order valence-corrected chi connectivity index (χ2v) is 8.11. The number of carbonyl (C=O) groups excluding carboxylic acids is 1. The molecule has 0 unspecified atom stereocenters. The Balaban J connectivity index is 1.68. The van der Waals surface area contributed by atoms with Gasteiger partial charge in [0.25, 0.3) is 11.6 Å². The van der Waals surface area contributed by atoms with Gasteiger partial charge >= 0.3 is 0 Å². The number of fused-ring (bicyclic) bond motifs is 1. The summed E-state index contributed by atoms with van der Waals surface area (Å²) < 4.78 is 7.55. The number of rotatable bonds is 8. The van der Waals surface area contributed by atoms with Crippen molar-refractivity contribution < 1.29 is 14.5 Å². The molecular formula is C28H24N4O4. The number of nitriles is 1. The summed E-state index contributed by atoms with van der Waals surface area (Å²) in [6.45, 7) is 4.79. The first-order valence-electron chi connectivity index (χ1n) is 11.4. The molecule has 0 fully saturated rings. The highest BCUT2D eigenvalue weighted by atomic mass is 16.6. The van der Waals surface area contributed by atoms with Crippen molar-refractivity contribution in [2.75, 3.05) is 11.9 Å². The van der Waals surface area contributed by atoms with Crippen LogP contribution in [0.25, 0.3) is 17.0 Å². The van der Waals surface area contributed by atoms with E-state index < -0.39 is 10.8 Å². The summed E-state index contributed by atoms with van der Waals surface area (Å²) in [7, 11) is 0. The number of non-ortho nitro benzene ring substituents is 1. The lowest BCUT2D eigenvalue weighted by atomic mass is 10.1. The van der Waals surface area contributed by atoms with Crippen molar-refractivity contribution in [3.8, 4) is 11.8 Å². The molecule has 8 heteroatoms. The molecule has 1 aromatic heterocycles. The van der Waals surface area contributed by atoms with E-state index in [1.54, 1.807) is 42.5 Å². The number of nitrogens with zero attached hydrogens (tertiary/aromatic N) is 3. The van der Waals surface area contributed by atoms with Gasteiger partial charge in [-0.1, -0.05) is 36.4 Å². The number of nitro benzene ring substituents is 1. The quantitative estimate of drug-likeness (QED) is 0.147. The molecule has 0 saturated carbocycles. The summed E-state index contributed by atoms with van der Waals surface area (Å²) in [5, 5.41) is 24.4. The molecule has 3 aromatic carbocycles. The number of nitro groups is 1. The maximum atomic E-state index is 12.9. The van der Waals surface area contributed by atoms with E-state index in [4.69, 9.17) is 4.74 Å². The van der Waals surface area contributed by atoms with Crippen LogP contribution in [0.15, 0.2) is 78.4 Å². The maximum Gasteiger partial charge on any atom is 0.269 e. The van der Waals surface area contributed by atoms with Gasteiger partial charge in [0.05, 0.1) is 11.5 Å². The highest BCUT2D eigenvalue weighted by Crippen LogP contribution is 2.29. The van der Waals surface area contributed by atoms with Gasteiger partial charge in [-0.3, -0.25) is 14.9 Å². The van der Waals surface area contributed by atoms with Crippen LogP contribution in [0.5, 0.6) is 5.75 Å². The van der Waals surface area contributed by atoms with Crippen molar-refractivity contribution in [3.63, 3.8) is 0 Å². The Labute approximate surface area is 208 Å². The number of carbonyl (C=O) groups is 1. The molecule has 1 N–H and O–H groups in total. The van der Waals surface area contributed by atoms with E-state index in [0.29, 0.717) is 24.6 Å². The molecule has 8 nitrogen and oxygen atoms in total. The zero-order valence-electron chi connectivity index (χ0n) is 19.9. The zero-order valence-corrected chi connectivity index (χ0v) is 19.9. The Kier molecular flexibility index (Phi) is 7.12. The van der Waals surface area contributed by atoms with Crippen molar-refractivity contribution >= 4 is 34.3 Å². The van der Waals surface area contributed by atoms with Crippen molar-refractivity contribution in [3.05, 3.63) is 105 Å². The summed E-state index contributed by atoms with van der Waals surface area (Å²) in [5.74, 6) is 0.112. The first-order valence-corrected chi connectivity index (χ1v) is 11.4. The van der Waals surface area contributed by atoms with Crippen molar-refractivity contribution in [1.82, 2.24) is 4.57 Å². The van der Waals surface area contributed by atoms with E-state index in [0.717, 1.165) is 27.7 Å². The highest BCUT2D eigenvalue weighted by Gasteiger charge is 2.17. The molecule has 0 aliphatic rings. The van der Waals surface area contributed by atoms with E-state index in [1.807, 2.05) is 44.2 Å². The Morgan fingerprint density at radius 1 is 1.14 bits per heavy atom. The summed E-state index contributed by atoms with van der Waals surface area (Å²) in [6.07, 6.45) is 1.60. The number of para-hydroxylation sites is 1. The minimum Gasteiger partial charge on any atom is -0.494 e. The fourth-order valence-electron chi connectivity index (χ4n) is 4.07. The third-order valence-electron chi connectivity index (χ3n) is 5.82. The van der Waals surface area contributed by atoms with Crippen LogP contribution in [-0.2, 0) is 11.3 Å². The van der Waals surface area contributed by atoms with Crippen LogP contribution in [-0.4, -0.2) is 22.0 Å². The minimum atomic E-state index is -0.516. The van der Waals surface area contributed by atoms with Crippen molar-refractivity contribution in [1.29, 1.82) is 5.26 Å². The van der Waals surface area contributed by atoms with E-state index in [2.05, 4.69) is 9.88 Å². The largest absolute Gasteiger partial charge is 0.494 e. The van der Waals surface area contributed by atoms with Crippen LogP contribution < -0.4 is 10.1 Å². The Hall–Kier alpha value is -4.90. The molecule has 0 atom stereocenters. The molecular weight excluding hydrogens is 456 g/mol. The van der Waals surface area contributed by atoms with Crippen LogP contribution in [0.2, 0.25) is 0 Å². The van der Waals surface area contributed by atoms with Crippen LogP contribution in [0.3, 0.4) is 0 Å². The van der Waals surface area contributed by atoms with Crippen molar-refractivity contribution in [2.24, 2.45) is 0 Å². The molecule has 0 aliphatic heterocycles. The van der Waals surface area contributed by atoms with Crippen molar-refractivity contribution in [2.45, 2.75) is 20.4 Å². The SMILES string of the molecule is CCOc1cccc(NC(=O)/C(C#N)=C\c2c(C)n(Cc3ccc([N+](=O)[O-])cc3)c3ccccc23)c1. The summed E-state index contributed by atoms with van der Waals surface area (Å²) in [4.78, 5) is 23.5. The number of nitrogens with one attached hydrogen (secondary N) is 1. The minimum absolute atomic E-state index is 0.0295. The summed E-state index contributed by atoms with van der Waals surface area (Å²) >= 11 is 0. The monoisotopic (exact) mass is 480 g/mol. The molecule has 0 spiro atoms. The van der Waals surface area contributed by atoms with Gasteiger partial charge in [-0.05, 0) is 43.7 Å². The second-order valence-electron chi connectivity index (χ2n) is 8.11. The van der Waals surface area contributed by atoms with Crippen LogP contribution in [0, 0.1) is 28.4 Å². The lowest BCUT2D eigenvalue weighted by molar-refractivity contribution is -0.384. The molecule has 4 aromatic rings. The third kappa shape index (κ3) is 5.10. The van der Waals surface area contributed by atoms with Gasteiger partial charge < -0.3 is 14.6 Å². The molecule has 0 saturated heterocycles. The van der Waals surface area contributed by atoms with Crippen LogP contribution in [0.4, 0.5) is 11.4 Å². The fourth-order valence-corrected chi connectivity index (χ4v) is 4.07. The molecule has 36 heavy (non-hydrogen) atoms. The Morgan fingerprint density at radius 3 is 2.58 bits per heavy atom. The van der Waals surface area contributed by atoms with Gasteiger partial charge in [-0.15, -0.1) is 0 Å². The number of hydrogen-bond acceptors (Lipinski definition) is 5. The van der Waals surface area contributed by atoms with Gasteiger partial charge in [-0.25, -0.2) is 0 Å². The van der Waals surface area contributed by atoms with Crippen LogP contribution in [0.1, 0.15) is 23.7 Å². The van der Waals surface area contributed by atoms with Gasteiger partial charge in [0.15, 0.2) is 0 Å². The smallest absolute Gasteiger partial charge is 0.269 e. The second kappa shape index (κ2) is 10.6. The summed E-state index contributed by atoms with van der Waals surface area (Å²) in [6, 6.07) is 23.2. The van der Waals surface area contributed by atoms with E-state index >= 15 is 0 Å². The zero-order chi connectivity index (χ0) is 25.7. The topological polar surface area (TPSA) is 110 Å². The first kappa shape index (κ1) is 24.2. The number of amides is 1. The molecule has 1 heterocycles. The Morgan fingerprint density at radius 2 is 1.89 bits per heavy atom. The first-order chi connectivity index (χ1) is 17.4. The normalized spacial score (nSPS) is 11.2. The molecule has 4 rings (SSSR count). The fraction of sp³-hybridized carbons (Fsp3) is 0.143. The summed E-state index contributed by atoms with van der Waals surface area (Å²) in [5.41, 5.74) is 4.00. The average molecular weight is 481 g/mol. The number of benzene rings is 3. The van der Waals surface area contributed by atoms with Gasteiger partial charge in [0, 0.05) is 52.6 Å². The number of ether oxygens (including phenoxy) is 1. The van der Waals surface area contributed by atoms with Crippen LogP contribution >= 0.6 is 0 Å². The van der Waals surface area contributed by atoms with E-state index in [1.165, 1.54) is 12.1 Å². The standard InChI is InChI=1S/C28H24N4O4/c1-3-36-24-8-6-7-22(16-24)30-28(33)21(17-29)15-26-19(2)31(27-10-5-4-9-25(26)27)18-20-11-13-23(14-12-20)32(34)35/h4-16H,3,18H2,1-2H3,(H,30,33)/b21-15-.